The SMILES string of the molecule is C=CCCC[C@@](O)(C1=N[C@@H](c2ccccc2)[C@H](c2ccccc2)N1)c1ccccc1. The van der Waals surface area contributed by atoms with Gasteiger partial charge in [0, 0.05) is 0 Å². The Balaban J connectivity index is 1.76. The summed E-state index contributed by atoms with van der Waals surface area (Å²) in [5, 5.41) is 15.5. The summed E-state index contributed by atoms with van der Waals surface area (Å²) in [6.45, 7) is 3.83. The third-order valence-corrected chi connectivity index (χ3v) is 5.77. The van der Waals surface area contributed by atoms with Crippen molar-refractivity contribution in [2.45, 2.75) is 36.9 Å². The number of allylic oxidation sites excluding steroid dienone is 1. The third kappa shape index (κ3) is 4.07. The first-order chi connectivity index (χ1) is 14.7. The van der Waals surface area contributed by atoms with Gasteiger partial charge in [-0.1, -0.05) is 97.1 Å². The van der Waals surface area contributed by atoms with E-state index in [2.05, 4.69) is 36.2 Å². The van der Waals surface area contributed by atoms with E-state index in [-0.39, 0.29) is 12.1 Å². The van der Waals surface area contributed by atoms with Crippen LogP contribution in [0.15, 0.2) is 109 Å². The Hall–Kier alpha value is -3.17. The van der Waals surface area contributed by atoms with Crippen molar-refractivity contribution in [3.05, 3.63) is 120 Å². The lowest BCUT2D eigenvalue weighted by atomic mass is 9.87. The Labute approximate surface area is 178 Å². The molecule has 0 bridgehead atoms. The molecule has 2 N–H and O–H groups in total. The highest BCUT2D eigenvalue weighted by Crippen LogP contribution is 2.40. The number of aliphatic imine (C=N–C) groups is 1. The molecular formula is C27H28N2O. The average Bonchev–Trinajstić information content (AvgIpc) is 3.27. The summed E-state index contributed by atoms with van der Waals surface area (Å²) in [6.07, 6.45) is 4.17. The highest BCUT2D eigenvalue weighted by molar-refractivity contribution is 5.93. The molecule has 3 aromatic rings. The van der Waals surface area contributed by atoms with Gasteiger partial charge >= 0.3 is 0 Å². The predicted molar refractivity (Wildman–Crippen MR) is 123 cm³/mol. The maximum atomic E-state index is 11.9. The maximum absolute atomic E-state index is 11.9. The average molecular weight is 397 g/mol. The quantitative estimate of drug-likeness (QED) is 0.378. The zero-order valence-electron chi connectivity index (χ0n) is 17.1. The van der Waals surface area contributed by atoms with E-state index in [1.54, 1.807) is 0 Å². The predicted octanol–water partition coefficient (Wildman–Crippen LogP) is 5.71. The minimum Gasteiger partial charge on any atom is -0.377 e. The van der Waals surface area contributed by atoms with Crippen LogP contribution < -0.4 is 5.32 Å². The number of amidine groups is 1. The molecule has 0 unspecified atom stereocenters. The Kier molecular flexibility index (Phi) is 6.10. The van der Waals surface area contributed by atoms with Crippen molar-refractivity contribution in [1.29, 1.82) is 0 Å². The molecule has 3 atom stereocenters. The van der Waals surface area contributed by atoms with Gasteiger partial charge < -0.3 is 10.4 Å². The van der Waals surface area contributed by atoms with Gasteiger partial charge in [-0.25, -0.2) is 0 Å². The minimum absolute atomic E-state index is 0.0294. The summed E-state index contributed by atoms with van der Waals surface area (Å²) >= 11 is 0. The molecule has 0 radical (unpaired) electrons. The van der Waals surface area contributed by atoms with Gasteiger partial charge in [0.2, 0.25) is 0 Å². The Morgan fingerprint density at radius 2 is 1.43 bits per heavy atom. The van der Waals surface area contributed by atoms with Crippen molar-refractivity contribution >= 4 is 5.84 Å². The van der Waals surface area contributed by atoms with Crippen molar-refractivity contribution in [2.24, 2.45) is 4.99 Å². The van der Waals surface area contributed by atoms with E-state index in [1.165, 1.54) is 0 Å². The summed E-state index contributed by atoms with van der Waals surface area (Å²) < 4.78 is 0. The fraction of sp³-hybridized carbons (Fsp3) is 0.222. The topological polar surface area (TPSA) is 44.6 Å². The number of hydrogen-bond donors (Lipinski definition) is 2. The number of rotatable bonds is 8. The number of unbranched alkanes of at least 4 members (excludes halogenated alkanes) is 1. The molecular weight excluding hydrogens is 368 g/mol. The second-order valence-corrected chi connectivity index (χ2v) is 7.77. The molecule has 152 valence electrons. The fourth-order valence-electron chi connectivity index (χ4n) is 4.16. The van der Waals surface area contributed by atoms with Gasteiger partial charge in [0.25, 0.3) is 0 Å². The summed E-state index contributed by atoms with van der Waals surface area (Å²) in [5.41, 5.74) is 1.99. The lowest BCUT2D eigenvalue weighted by Crippen LogP contribution is -2.43. The first kappa shape index (κ1) is 20.1. The normalized spacial score (nSPS) is 20.1. The van der Waals surface area contributed by atoms with Gasteiger partial charge in [0.05, 0.1) is 6.04 Å². The lowest BCUT2D eigenvalue weighted by molar-refractivity contribution is 0.0954. The highest BCUT2D eigenvalue weighted by Gasteiger charge is 2.42. The summed E-state index contributed by atoms with van der Waals surface area (Å²) in [5.74, 6) is 0.639. The van der Waals surface area contributed by atoms with Crippen LogP contribution in [0.1, 0.15) is 48.0 Å². The zero-order chi connectivity index (χ0) is 20.8. The summed E-state index contributed by atoms with van der Waals surface area (Å²) in [7, 11) is 0. The molecule has 4 rings (SSSR count). The van der Waals surface area contributed by atoms with Crippen LogP contribution >= 0.6 is 0 Å². The maximum Gasteiger partial charge on any atom is 0.146 e. The Morgan fingerprint density at radius 1 is 0.867 bits per heavy atom. The van der Waals surface area contributed by atoms with Crippen LogP contribution in [0.25, 0.3) is 0 Å². The first-order valence-corrected chi connectivity index (χ1v) is 10.6. The van der Waals surface area contributed by atoms with Gasteiger partial charge in [-0.15, -0.1) is 6.58 Å². The molecule has 1 aliphatic heterocycles. The van der Waals surface area contributed by atoms with E-state index >= 15 is 0 Å². The second kappa shape index (κ2) is 9.10. The van der Waals surface area contributed by atoms with Crippen LogP contribution in [0.5, 0.6) is 0 Å². The summed E-state index contributed by atoms with van der Waals surface area (Å²) in [6, 6.07) is 30.4. The smallest absolute Gasteiger partial charge is 0.146 e. The lowest BCUT2D eigenvalue weighted by Gasteiger charge is -2.30. The standard InChI is InChI=1S/C27H28N2O/c1-2-3-13-20-27(30,23-18-11-6-12-19-23)26-28-24(21-14-7-4-8-15-21)25(29-26)22-16-9-5-10-17-22/h2,4-12,14-19,24-25,30H,1,3,13,20H2,(H,28,29)/t24-,25-,27-/m0/s1. The fourth-order valence-corrected chi connectivity index (χ4v) is 4.16. The molecule has 3 heteroatoms. The van der Waals surface area contributed by atoms with Crippen molar-refractivity contribution in [3.63, 3.8) is 0 Å². The molecule has 0 amide bonds. The molecule has 1 aliphatic rings. The third-order valence-electron chi connectivity index (χ3n) is 5.77. The molecule has 0 fully saturated rings. The molecule has 0 saturated carbocycles. The molecule has 1 heterocycles. The van der Waals surface area contributed by atoms with Crippen LogP contribution in [0.4, 0.5) is 0 Å². The molecule has 0 saturated heterocycles. The minimum atomic E-state index is -1.17. The van der Waals surface area contributed by atoms with Crippen molar-refractivity contribution in [2.75, 3.05) is 0 Å². The Morgan fingerprint density at radius 3 is 2.03 bits per heavy atom. The van der Waals surface area contributed by atoms with Crippen molar-refractivity contribution in [1.82, 2.24) is 5.32 Å². The van der Waals surface area contributed by atoms with E-state index in [0.29, 0.717) is 12.3 Å². The van der Waals surface area contributed by atoms with E-state index in [9.17, 15) is 5.11 Å². The number of nitrogens with one attached hydrogen (secondary N) is 1. The molecule has 30 heavy (non-hydrogen) atoms. The first-order valence-electron chi connectivity index (χ1n) is 10.6. The van der Waals surface area contributed by atoms with Gasteiger partial charge in [-0.2, -0.15) is 0 Å². The summed E-state index contributed by atoms with van der Waals surface area (Å²) in [4.78, 5) is 5.07. The van der Waals surface area contributed by atoms with Gasteiger partial charge in [0.1, 0.15) is 17.5 Å². The zero-order valence-corrected chi connectivity index (χ0v) is 17.1. The molecule has 0 spiro atoms. The van der Waals surface area contributed by atoms with Crippen LogP contribution in [0.2, 0.25) is 0 Å². The highest BCUT2D eigenvalue weighted by atomic mass is 16.3. The van der Waals surface area contributed by atoms with E-state index in [4.69, 9.17) is 4.99 Å². The number of nitrogens with zero attached hydrogens (tertiary/aromatic N) is 1. The molecule has 0 aromatic heterocycles. The van der Waals surface area contributed by atoms with Crippen molar-refractivity contribution in [3.8, 4) is 0 Å². The van der Waals surface area contributed by atoms with E-state index < -0.39 is 5.60 Å². The largest absolute Gasteiger partial charge is 0.377 e. The van der Waals surface area contributed by atoms with Gasteiger partial charge in [-0.05, 0) is 36.0 Å². The molecule has 3 nitrogen and oxygen atoms in total. The second-order valence-electron chi connectivity index (χ2n) is 7.77. The van der Waals surface area contributed by atoms with E-state index in [0.717, 1.165) is 29.5 Å². The van der Waals surface area contributed by atoms with Crippen LogP contribution in [-0.4, -0.2) is 10.9 Å². The number of benzene rings is 3. The van der Waals surface area contributed by atoms with Gasteiger partial charge in [0.15, 0.2) is 0 Å². The molecule has 0 aliphatic carbocycles. The van der Waals surface area contributed by atoms with Gasteiger partial charge in [-0.3, -0.25) is 4.99 Å². The molecule has 3 aromatic carbocycles. The monoisotopic (exact) mass is 396 g/mol. The van der Waals surface area contributed by atoms with E-state index in [1.807, 2.05) is 72.8 Å². The van der Waals surface area contributed by atoms with Crippen molar-refractivity contribution < 1.29 is 5.11 Å². The van der Waals surface area contributed by atoms with Crippen LogP contribution in [-0.2, 0) is 5.60 Å². The van der Waals surface area contributed by atoms with Crippen LogP contribution in [0.3, 0.4) is 0 Å². The Bertz CT molecular complexity index is 985. The number of hydrogen-bond acceptors (Lipinski definition) is 3. The van der Waals surface area contributed by atoms with Crippen LogP contribution in [0, 0.1) is 0 Å². The number of aliphatic hydroxyl groups is 1.